The Bertz CT molecular complexity index is 321. The molecule has 0 aliphatic carbocycles. The van der Waals surface area contributed by atoms with Crippen LogP contribution in [0.5, 0.6) is 0 Å². The molecule has 0 fully saturated rings. The second-order valence-corrected chi connectivity index (χ2v) is 2.21. The largest absolute Gasteiger partial charge is 2.00 e. The van der Waals surface area contributed by atoms with E-state index in [0.717, 1.165) is 5.69 Å². The first-order valence-corrected chi connectivity index (χ1v) is 3.43. The number of benzene rings is 1. The van der Waals surface area contributed by atoms with E-state index < -0.39 is 0 Å². The molecule has 0 amide bonds. The van der Waals surface area contributed by atoms with Crippen LogP contribution in [-0.4, -0.2) is 32.8 Å². The summed E-state index contributed by atoms with van der Waals surface area (Å²) in [5.41, 5.74) is 1.06. The first-order valence-electron chi connectivity index (χ1n) is 3.43. The van der Waals surface area contributed by atoms with Crippen LogP contribution in [0.4, 0.5) is 0 Å². The maximum atomic E-state index is 4.09. The molecule has 62 valence electrons. The fraction of sp³-hybridized carbons (Fsp3) is 0. The number of rotatable bonds is 1. The number of hydrogen-bond acceptors (Lipinski definition) is 1. The van der Waals surface area contributed by atoms with E-state index in [1.807, 2.05) is 41.2 Å². The molecule has 4 heteroatoms. The topological polar surface area (TPSA) is 17.8 Å². The fourth-order valence-corrected chi connectivity index (χ4v) is 0.952. The Morgan fingerprint density at radius 2 is 1.92 bits per heavy atom. The quantitative estimate of drug-likeness (QED) is 0.434. The first kappa shape index (κ1) is 12.7. The fourth-order valence-electron chi connectivity index (χ4n) is 0.952. The van der Waals surface area contributed by atoms with Crippen molar-refractivity contribution in [3.8, 4) is 5.69 Å². The van der Waals surface area contributed by atoms with Crippen LogP contribution in [0.1, 0.15) is 0 Å². The molecule has 2 aromatic rings. The number of nitrogens with zero attached hydrogens (tertiary/aromatic N) is 2. The zero-order chi connectivity index (χ0) is 7.52. The van der Waals surface area contributed by atoms with Crippen LogP contribution >= 0.6 is 0 Å². The molecule has 1 heterocycles. The summed E-state index contributed by atoms with van der Waals surface area (Å²) in [6.07, 6.45) is 3.67. The van der Waals surface area contributed by atoms with Crippen LogP contribution < -0.4 is 17.0 Å². The number of hydrogen-bond donors (Lipinski definition) is 0. The van der Waals surface area contributed by atoms with E-state index in [2.05, 4.69) is 11.2 Å². The molecule has 0 aliphatic heterocycles. The Kier molecular flexibility index (Phi) is 6.02. The van der Waals surface area contributed by atoms with Gasteiger partial charge >= 0.3 is 23.1 Å². The molecular weight excluding hydrogens is 240 g/mol. The van der Waals surface area contributed by atoms with Crippen molar-refractivity contribution >= 4 is 23.1 Å². The summed E-state index contributed by atoms with van der Waals surface area (Å²) in [5.74, 6) is 0. The molecule has 0 bridgehead atoms. The van der Waals surface area contributed by atoms with Crippen LogP contribution in [-0.2, 0) is 0 Å². The van der Waals surface area contributed by atoms with E-state index in [9.17, 15) is 0 Å². The van der Waals surface area contributed by atoms with E-state index in [-0.39, 0.29) is 40.0 Å². The van der Waals surface area contributed by atoms with Crippen LogP contribution in [0.2, 0.25) is 0 Å². The third-order valence-corrected chi connectivity index (χ3v) is 1.47. The molecule has 0 spiro atoms. The van der Waals surface area contributed by atoms with Crippen LogP contribution in [0.3, 0.4) is 0 Å². The van der Waals surface area contributed by atoms with Gasteiger partial charge in [-0.3, -0.25) is 4.68 Å². The van der Waals surface area contributed by atoms with Crippen molar-refractivity contribution < 1.29 is 17.0 Å². The number of halogens is 1. The monoisotopic (exact) mass is 246 g/mol. The average Bonchev–Trinajstić information content (AvgIpc) is 2.58. The third-order valence-electron chi connectivity index (χ3n) is 1.47. The molecule has 0 saturated heterocycles. The van der Waals surface area contributed by atoms with Gasteiger partial charge in [0.25, 0.3) is 0 Å². The van der Waals surface area contributed by atoms with Crippen LogP contribution in [0.15, 0.2) is 42.7 Å². The molecule has 0 N–H and O–H groups in total. The molecule has 1 aromatic carbocycles. The summed E-state index contributed by atoms with van der Waals surface area (Å²) < 4.78 is 1.81. The van der Waals surface area contributed by atoms with Gasteiger partial charge in [0.05, 0.1) is 0 Å². The van der Waals surface area contributed by atoms with Gasteiger partial charge < -0.3 is 17.0 Å². The summed E-state index contributed by atoms with van der Waals surface area (Å²) in [6.45, 7) is 0. The molecule has 2 rings (SSSR count). The first-order chi connectivity index (χ1) is 5.47. The normalized spacial score (nSPS) is 8.31. The van der Waals surface area contributed by atoms with Crippen LogP contribution in [0.25, 0.3) is 5.69 Å². The Labute approximate surface area is 104 Å². The van der Waals surface area contributed by atoms with Gasteiger partial charge in [-0.25, -0.2) is 0 Å². The standard InChI is InChI=1S/C9H7N2.BrH.Mg/c1-2-5-9(6-3-1)11-8-4-7-10-11;;/h2-8H;1H;/q-1;;+2/p-1. The van der Waals surface area contributed by atoms with E-state index in [0.29, 0.717) is 0 Å². The summed E-state index contributed by atoms with van der Waals surface area (Å²) in [7, 11) is 0. The second-order valence-electron chi connectivity index (χ2n) is 2.21. The molecule has 0 saturated carbocycles. The average molecular weight is 247 g/mol. The molecule has 1 aromatic heterocycles. The van der Waals surface area contributed by atoms with Gasteiger partial charge in [-0.1, -0.05) is 0 Å². The summed E-state index contributed by atoms with van der Waals surface area (Å²) in [5, 5.41) is 4.09. The van der Waals surface area contributed by atoms with Gasteiger partial charge in [0.15, 0.2) is 0 Å². The van der Waals surface area contributed by atoms with Gasteiger partial charge in [0, 0.05) is 12.4 Å². The van der Waals surface area contributed by atoms with Gasteiger partial charge in [-0.05, 0) is 11.8 Å². The van der Waals surface area contributed by atoms with Crippen molar-refractivity contribution in [1.29, 1.82) is 0 Å². The maximum absolute atomic E-state index is 4.09. The molecule has 13 heavy (non-hydrogen) atoms. The molecule has 0 atom stereocenters. The minimum Gasteiger partial charge on any atom is -1.00 e. The molecular formula is C9H7BrMgN2. The van der Waals surface area contributed by atoms with Gasteiger partial charge in [0.2, 0.25) is 0 Å². The smallest absolute Gasteiger partial charge is 1.00 e. The number of aromatic nitrogens is 2. The van der Waals surface area contributed by atoms with E-state index in [4.69, 9.17) is 0 Å². The predicted octanol–water partition coefficient (Wildman–Crippen LogP) is -1.70. The molecule has 2 nitrogen and oxygen atoms in total. The van der Waals surface area contributed by atoms with Crippen molar-refractivity contribution in [1.82, 2.24) is 9.78 Å². The van der Waals surface area contributed by atoms with Crippen molar-refractivity contribution in [2.24, 2.45) is 0 Å². The SMILES string of the molecule is [Br-].[Mg+2].[c-]1ccc(-n2cccn2)cc1. The maximum Gasteiger partial charge on any atom is 2.00 e. The zero-order valence-corrected chi connectivity index (χ0v) is 10.0. The Hall–Kier alpha value is -0.324. The third kappa shape index (κ3) is 3.13. The Morgan fingerprint density at radius 1 is 1.23 bits per heavy atom. The molecule has 0 radical (unpaired) electrons. The zero-order valence-electron chi connectivity index (χ0n) is 7.02. The summed E-state index contributed by atoms with van der Waals surface area (Å²) in [4.78, 5) is 0. The van der Waals surface area contributed by atoms with Crippen molar-refractivity contribution in [3.63, 3.8) is 0 Å². The Morgan fingerprint density at radius 3 is 2.46 bits per heavy atom. The van der Waals surface area contributed by atoms with Crippen LogP contribution in [0, 0.1) is 6.07 Å². The van der Waals surface area contributed by atoms with E-state index >= 15 is 0 Å². The van der Waals surface area contributed by atoms with Crippen molar-refractivity contribution in [3.05, 3.63) is 48.8 Å². The van der Waals surface area contributed by atoms with E-state index in [1.54, 1.807) is 6.20 Å². The van der Waals surface area contributed by atoms with Gasteiger partial charge in [-0.2, -0.15) is 23.3 Å². The van der Waals surface area contributed by atoms with E-state index in [1.165, 1.54) is 0 Å². The summed E-state index contributed by atoms with van der Waals surface area (Å²) in [6, 6.07) is 12.5. The Balaban J connectivity index is 0.000000720. The summed E-state index contributed by atoms with van der Waals surface area (Å²) >= 11 is 0. The minimum absolute atomic E-state index is 0. The van der Waals surface area contributed by atoms with Crippen molar-refractivity contribution in [2.75, 3.05) is 0 Å². The molecule has 0 aliphatic rings. The van der Waals surface area contributed by atoms with Gasteiger partial charge in [0.1, 0.15) is 0 Å². The second kappa shape index (κ2) is 6.18. The molecule has 0 unspecified atom stereocenters. The van der Waals surface area contributed by atoms with Gasteiger partial charge in [-0.15, -0.1) is 12.1 Å². The van der Waals surface area contributed by atoms with Crippen molar-refractivity contribution in [2.45, 2.75) is 0 Å². The predicted molar refractivity (Wildman–Crippen MR) is 48.2 cm³/mol. The minimum atomic E-state index is 0.